The molecule has 0 spiro atoms. The van der Waals surface area contributed by atoms with Gasteiger partial charge in [0.15, 0.2) is 5.78 Å². The second-order valence-electron chi connectivity index (χ2n) is 6.72. The molecule has 1 aromatic heterocycles. The average molecular weight is 335 g/mol. The zero-order valence-corrected chi connectivity index (χ0v) is 14.1. The second-order valence-corrected chi connectivity index (χ2v) is 6.72. The number of rotatable bonds is 3. The lowest BCUT2D eigenvalue weighted by Crippen LogP contribution is -2.48. The Balaban J connectivity index is 1.36. The van der Waals surface area contributed by atoms with Crippen molar-refractivity contribution in [2.75, 3.05) is 26.2 Å². The molecule has 25 heavy (non-hydrogen) atoms. The van der Waals surface area contributed by atoms with Gasteiger partial charge in [0.2, 0.25) is 0 Å². The second kappa shape index (κ2) is 6.76. The zero-order valence-electron chi connectivity index (χ0n) is 14.1. The van der Waals surface area contributed by atoms with Gasteiger partial charge in [-0.15, -0.1) is 0 Å². The van der Waals surface area contributed by atoms with Gasteiger partial charge in [0.25, 0.3) is 5.91 Å². The minimum atomic E-state index is 0.0742. The van der Waals surface area contributed by atoms with Crippen LogP contribution in [0.2, 0.25) is 0 Å². The van der Waals surface area contributed by atoms with Crippen LogP contribution in [-0.2, 0) is 13.0 Å². The summed E-state index contributed by atoms with van der Waals surface area (Å²) in [5.74, 6) is 0.342. The van der Waals surface area contributed by atoms with Gasteiger partial charge in [0, 0.05) is 62.7 Å². The molecule has 0 unspecified atom stereocenters. The molecule has 2 heterocycles. The predicted molar refractivity (Wildman–Crippen MR) is 94.5 cm³/mol. The molecule has 4 rings (SSSR count). The Morgan fingerprint density at radius 1 is 1.00 bits per heavy atom. The van der Waals surface area contributed by atoms with E-state index in [0.717, 1.165) is 44.7 Å². The summed E-state index contributed by atoms with van der Waals surface area (Å²) in [6.45, 7) is 3.98. The van der Waals surface area contributed by atoms with Crippen molar-refractivity contribution < 1.29 is 9.59 Å². The lowest BCUT2D eigenvalue weighted by atomic mass is 10.1. The molecule has 128 valence electrons. The maximum absolute atomic E-state index is 12.5. The van der Waals surface area contributed by atoms with Crippen LogP contribution in [0.25, 0.3) is 0 Å². The number of fused-ring (bicyclic) bond motifs is 1. The van der Waals surface area contributed by atoms with E-state index in [9.17, 15) is 9.59 Å². The lowest BCUT2D eigenvalue weighted by molar-refractivity contribution is 0.0628. The van der Waals surface area contributed by atoms with Crippen molar-refractivity contribution in [3.63, 3.8) is 0 Å². The highest BCUT2D eigenvalue weighted by molar-refractivity contribution is 6.00. The number of amides is 1. The van der Waals surface area contributed by atoms with E-state index in [1.54, 1.807) is 24.5 Å². The van der Waals surface area contributed by atoms with E-state index in [1.165, 1.54) is 11.1 Å². The Hall–Kier alpha value is -2.53. The first kappa shape index (κ1) is 16.0. The average Bonchev–Trinajstić information content (AvgIpc) is 3.03. The maximum atomic E-state index is 12.5. The van der Waals surface area contributed by atoms with Crippen LogP contribution in [0, 0.1) is 0 Å². The van der Waals surface area contributed by atoms with Crippen molar-refractivity contribution in [3.05, 3.63) is 65.0 Å². The van der Waals surface area contributed by atoms with Crippen molar-refractivity contribution in [2.24, 2.45) is 0 Å². The Labute approximate surface area is 147 Å². The third-order valence-electron chi connectivity index (χ3n) is 5.09. The monoisotopic (exact) mass is 335 g/mol. The first-order valence-electron chi connectivity index (χ1n) is 8.77. The molecule has 1 amide bonds. The smallest absolute Gasteiger partial charge is 0.254 e. The largest absolute Gasteiger partial charge is 0.336 e. The molecule has 1 aromatic carbocycles. The van der Waals surface area contributed by atoms with Gasteiger partial charge in [-0.25, -0.2) is 0 Å². The maximum Gasteiger partial charge on any atom is 0.254 e. The molecule has 0 saturated carbocycles. The highest BCUT2D eigenvalue weighted by Crippen LogP contribution is 2.23. The van der Waals surface area contributed by atoms with Gasteiger partial charge in [0.05, 0.1) is 0 Å². The van der Waals surface area contributed by atoms with Crippen molar-refractivity contribution in [1.82, 2.24) is 14.8 Å². The number of nitrogens with zero attached hydrogens (tertiary/aromatic N) is 3. The van der Waals surface area contributed by atoms with Gasteiger partial charge >= 0.3 is 0 Å². The SMILES string of the molecule is O=C1CCc2ccc(CN3CCN(C(=O)c4ccncc4)CC3)cc21. The van der Waals surface area contributed by atoms with Gasteiger partial charge in [-0.2, -0.15) is 0 Å². The molecular weight excluding hydrogens is 314 g/mol. The van der Waals surface area contributed by atoms with E-state index in [2.05, 4.69) is 28.1 Å². The topological polar surface area (TPSA) is 53.5 Å². The van der Waals surface area contributed by atoms with Crippen LogP contribution in [0.3, 0.4) is 0 Å². The van der Waals surface area contributed by atoms with E-state index in [4.69, 9.17) is 0 Å². The molecule has 0 N–H and O–H groups in total. The van der Waals surface area contributed by atoms with Crippen molar-refractivity contribution in [2.45, 2.75) is 19.4 Å². The lowest BCUT2D eigenvalue weighted by Gasteiger charge is -2.34. The van der Waals surface area contributed by atoms with Crippen molar-refractivity contribution in [3.8, 4) is 0 Å². The quantitative estimate of drug-likeness (QED) is 0.863. The van der Waals surface area contributed by atoms with Crippen LogP contribution in [0.15, 0.2) is 42.7 Å². The molecule has 2 aliphatic rings. The number of piperazine rings is 1. The fourth-order valence-electron chi connectivity index (χ4n) is 3.63. The van der Waals surface area contributed by atoms with Gasteiger partial charge in [-0.05, 0) is 35.7 Å². The number of hydrogen-bond acceptors (Lipinski definition) is 4. The third kappa shape index (κ3) is 3.33. The van der Waals surface area contributed by atoms with Crippen LogP contribution < -0.4 is 0 Å². The number of pyridine rings is 1. The number of hydrogen-bond donors (Lipinski definition) is 0. The van der Waals surface area contributed by atoms with Gasteiger partial charge in [-0.3, -0.25) is 19.5 Å². The number of carbonyl (C=O) groups is 2. The summed E-state index contributed by atoms with van der Waals surface area (Å²) in [6, 6.07) is 9.80. The third-order valence-corrected chi connectivity index (χ3v) is 5.09. The minimum absolute atomic E-state index is 0.0742. The van der Waals surface area contributed by atoms with E-state index >= 15 is 0 Å². The Kier molecular flexibility index (Phi) is 4.32. The number of aryl methyl sites for hydroxylation is 1. The van der Waals surface area contributed by atoms with E-state index in [-0.39, 0.29) is 11.7 Å². The summed E-state index contributed by atoms with van der Waals surface area (Å²) in [6.07, 6.45) is 4.83. The summed E-state index contributed by atoms with van der Waals surface area (Å²) in [4.78, 5) is 32.6. The molecule has 0 bridgehead atoms. The van der Waals surface area contributed by atoms with E-state index in [1.807, 2.05) is 4.90 Å². The Bertz CT molecular complexity index is 796. The first-order valence-corrected chi connectivity index (χ1v) is 8.77. The summed E-state index contributed by atoms with van der Waals surface area (Å²) in [5.41, 5.74) is 3.97. The summed E-state index contributed by atoms with van der Waals surface area (Å²) >= 11 is 0. The van der Waals surface area contributed by atoms with Crippen LogP contribution in [0.5, 0.6) is 0 Å². The molecule has 0 radical (unpaired) electrons. The zero-order chi connectivity index (χ0) is 17.2. The molecular formula is C20H21N3O2. The van der Waals surface area contributed by atoms with Crippen LogP contribution >= 0.6 is 0 Å². The first-order chi connectivity index (χ1) is 12.2. The van der Waals surface area contributed by atoms with Crippen LogP contribution in [0.1, 0.15) is 38.3 Å². The van der Waals surface area contributed by atoms with Crippen LogP contribution in [0.4, 0.5) is 0 Å². The highest BCUT2D eigenvalue weighted by Gasteiger charge is 2.23. The molecule has 5 heteroatoms. The van der Waals surface area contributed by atoms with E-state index < -0.39 is 0 Å². The normalized spacial score (nSPS) is 17.6. The summed E-state index contributed by atoms with van der Waals surface area (Å²) in [5, 5.41) is 0. The summed E-state index contributed by atoms with van der Waals surface area (Å²) in [7, 11) is 0. The number of benzene rings is 1. The number of ketones is 1. The fourth-order valence-corrected chi connectivity index (χ4v) is 3.63. The van der Waals surface area contributed by atoms with Gasteiger partial charge in [0.1, 0.15) is 0 Å². The van der Waals surface area contributed by atoms with Crippen LogP contribution in [-0.4, -0.2) is 52.7 Å². The van der Waals surface area contributed by atoms with Gasteiger partial charge < -0.3 is 4.90 Å². The summed E-state index contributed by atoms with van der Waals surface area (Å²) < 4.78 is 0. The molecule has 1 saturated heterocycles. The molecule has 0 atom stereocenters. The van der Waals surface area contributed by atoms with Gasteiger partial charge in [-0.1, -0.05) is 12.1 Å². The number of carbonyl (C=O) groups excluding carboxylic acids is 2. The standard InChI is InChI=1S/C20H21N3O2/c24-19-4-3-16-2-1-15(13-18(16)19)14-22-9-11-23(12-10-22)20(25)17-5-7-21-8-6-17/h1-2,5-8,13H,3-4,9-12,14H2. The fraction of sp³-hybridized carbons (Fsp3) is 0.350. The molecule has 5 nitrogen and oxygen atoms in total. The highest BCUT2D eigenvalue weighted by atomic mass is 16.2. The minimum Gasteiger partial charge on any atom is -0.336 e. The number of Topliss-reactive ketones (excluding diaryl/α,β-unsaturated/α-hetero) is 1. The Morgan fingerprint density at radius 3 is 2.52 bits per heavy atom. The van der Waals surface area contributed by atoms with Crippen molar-refractivity contribution in [1.29, 1.82) is 0 Å². The van der Waals surface area contributed by atoms with E-state index in [0.29, 0.717) is 12.0 Å². The molecule has 1 fully saturated rings. The van der Waals surface area contributed by atoms with Crippen molar-refractivity contribution >= 4 is 11.7 Å². The molecule has 2 aromatic rings. The molecule has 1 aliphatic heterocycles. The number of aromatic nitrogens is 1. The predicted octanol–water partition coefficient (Wildman–Crippen LogP) is 2.17. The Morgan fingerprint density at radius 2 is 1.76 bits per heavy atom. The molecule has 1 aliphatic carbocycles.